The highest BCUT2D eigenvalue weighted by molar-refractivity contribution is 7.21. The van der Waals surface area contributed by atoms with Crippen molar-refractivity contribution in [3.8, 4) is 5.75 Å². The average Bonchev–Trinajstić information content (AvgIpc) is 3.40. The number of rotatable bonds is 6. The van der Waals surface area contributed by atoms with E-state index in [9.17, 15) is 4.79 Å². The number of para-hydroxylation sites is 1. The number of thiophene rings is 1. The molecule has 0 unspecified atom stereocenters. The van der Waals surface area contributed by atoms with E-state index in [1.54, 1.807) is 13.3 Å². The second kappa shape index (κ2) is 9.01. The SMILES string of the molecule is COc1ccc(C=NNC(=O)c2sc3ccccc3c2Cl)cc1Cn1nnc2ccccc21. The van der Waals surface area contributed by atoms with Crippen molar-refractivity contribution in [3.05, 3.63) is 87.8 Å². The summed E-state index contributed by atoms with van der Waals surface area (Å²) in [5.41, 5.74) is 6.05. The van der Waals surface area contributed by atoms with Crippen molar-refractivity contribution in [1.29, 1.82) is 0 Å². The number of carbonyl (C=O) groups is 1. The third-order valence-corrected chi connectivity index (χ3v) is 6.84. The molecular weight excluding hydrogens is 458 g/mol. The molecule has 1 N–H and O–H groups in total. The van der Waals surface area contributed by atoms with E-state index in [-0.39, 0.29) is 5.91 Å². The molecule has 9 heteroatoms. The summed E-state index contributed by atoms with van der Waals surface area (Å²) in [5, 5.41) is 13.9. The fourth-order valence-corrected chi connectivity index (χ4v) is 4.98. The predicted octanol–water partition coefficient (Wildman–Crippen LogP) is 5.12. The lowest BCUT2D eigenvalue weighted by molar-refractivity contribution is 0.0959. The monoisotopic (exact) mass is 475 g/mol. The summed E-state index contributed by atoms with van der Waals surface area (Å²) in [5.74, 6) is 0.382. The smallest absolute Gasteiger partial charge is 0.283 e. The van der Waals surface area contributed by atoms with Crippen LogP contribution in [0.2, 0.25) is 5.02 Å². The number of fused-ring (bicyclic) bond motifs is 2. The zero-order valence-electron chi connectivity index (χ0n) is 17.5. The minimum atomic E-state index is -0.347. The summed E-state index contributed by atoms with van der Waals surface area (Å²) < 4.78 is 8.29. The Hall–Kier alpha value is -3.75. The van der Waals surface area contributed by atoms with Crippen LogP contribution in [-0.4, -0.2) is 34.2 Å². The molecule has 0 spiro atoms. The topological polar surface area (TPSA) is 81.4 Å². The first-order valence-electron chi connectivity index (χ1n) is 10.1. The number of aromatic nitrogens is 3. The maximum absolute atomic E-state index is 12.6. The number of nitrogens with one attached hydrogen (secondary N) is 1. The Kier molecular flexibility index (Phi) is 5.77. The largest absolute Gasteiger partial charge is 0.496 e. The van der Waals surface area contributed by atoms with Crippen molar-refractivity contribution >= 4 is 56.2 Å². The van der Waals surface area contributed by atoms with E-state index in [1.165, 1.54) is 11.3 Å². The van der Waals surface area contributed by atoms with Gasteiger partial charge in [-0.15, -0.1) is 16.4 Å². The maximum Gasteiger partial charge on any atom is 0.283 e. The Morgan fingerprint density at radius 2 is 2.00 bits per heavy atom. The van der Waals surface area contributed by atoms with Crippen LogP contribution in [0.25, 0.3) is 21.1 Å². The molecule has 0 saturated heterocycles. The van der Waals surface area contributed by atoms with Crippen LogP contribution in [0.5, 0.6) is 5.75 Å². The molecule has 33 heavy (non-hydrogen) atoms. The van der Waals surface area contributed by atoms with Gasteiger partial charge in [0.15, 0.2) is 0 Å². The fourth-order valence-electron chi connectivity index (χ4n) is 3.57. The molecule has 0 radical (unpaired) electrons. The zero-order valence-corrected chi connectivity index (χ0v) is 19.1. The average molecular weight is 476 g/mol. The van der Waals surface area contributed by atoms with Crippen molar-refractivity contribution < 1.29 is 9.53 Å². The normalized spacial score (nSPS) is 11.5. The molecule has 0 aliphatic heterocycles. The van der Waals surface area contributed by atoms with Gasteiger partial charge in [0.1, 0.15) is 16.1 Å². The van der Waals surface area contributed by atoms with E-state index in [4.69, 9.17) is 16.3 Å². The molecule has 5 rings (SSSR count). The number of hydrogen-bond acceptors (Lipinski definition) is 6. The lowest BCUT2D eigenvalue weighted by atomic mass is 10.1. The molecule has 0 aliphatic rings. The van der Waals surface area contributed by atoms with E-state index < -0.39 is 0 Å². The van der Waals surface area contributed by atoms with Gasteiger partial charge in [-0.25, -0.2) is 10.1 Å². The van der Waals surface area contributed by atoms with Gasteiger partial charge >= 0.3 is 0 Å². The summed E-state index contributed by atoms with van der Waals surface area (Å²) in [4.78, 5) is 13.0. The Morgan fingerprint density at radius 3 is 2.85 bits per heavy atom. The van der Waals surface area contributed by atoms with Crippen LogP contribution in [0.15, 0.2) is 71.8 Å². The second-order valence-electron chi connectivity index (χ2n) is 7.25. The van der Waals surface area contributed by atoms with Crippen LogP contribution >= 0.6 is 22.9 Å². The van der Waals surface area contributed by atoms with Crippen molar-refractivity contribution in [2.75, 3.05) is 7.11 Å². The predicted molar refractivity (Wildman–Crippen MR) is 132 cm³/mol. The first-order valence-corrected chi connectivity index (χ1v) is 11.3. The molecular formula is C24H18ClN5O2S. The summed E-state index contributed by atoms with van der Waals surface area (Å²) in [6, 6.07) is 21.1. The first-order chi connectivity index (χ1) is 16.1. The summed E-state index contributed by atoms with van der Waals surface area (Å²) in [7, 11) is 1.63. The molecule has 164 valence electrons. The van der Waals surface area contributed by atoms with Gasteiger partial charge in [-0.2, -0.15) is 5.10 Å². The molecule has 0 aliphatic carbocycles. The number of nitrogens with zero attached hydrogens (tertiary/aromatic N) is 4. The Bertz CT molecular complexity index is 1510. The quantitative estimate of drug-likeness (QED) is 0.273. The summed E-state index contributed by atoms with van der Waals surface area (Å²) in [6.07, 6.45) is 1.58. The molecule has 0 saturated carbocycles. The van der Waals surface area contributed by atoms with Gasteiger partial charge in [0.2, 0.25) is 0 Å². The zero-order chi connectivity index (χ0) is 22.8. The summed E-state index contributed by atoms with van der Waals surface area (Å²) in [6.45, 7) is 0.481. The van der Waals surface area contributed by atoms with E-state index in [0.717, 1.165) is 38.0 Å². The van der Waals surface area contributed by atoms with Gasteiger partial charge in [0.25, 0.3) is 5.91 Å². The Morgan fingerprint density at radius 1 is 1.18 bits per heavy atom. The van der Waals surface area contributed by atoms with Gasteiger partial charge in [0.05, 0.1) is 30.4 Å². The Balaban J connectivity index is 1.35. The minimum absolute atomic E-state index is 0.347. The van der Waals surface area contributed by atoms with Crippen molar-refractivity contribution in [2.24, 2.45) is 5.10 Å². The minimum Gasteiger partial charge on any atom is -0.496 e. The van der Waals surface area contributed by atoms with Crippen LogP contribution in [0.4, 0.5) is 0 Å². The highest BCUT2D eigenvalue weighted by atomic mass is 35.5. The lowest BCUT2D eigenvalue weighted by Crippen LogP contribution is -2.16. The molecule has 5 aromatic rings. The van der Waals surface area contributed by atoms with Crippen molar-refractivity contribution in [2.45, 2.75) is 6.54 Å². The number of ether oxygens (including phenoxy) is 1. The van der Waals surface area contributed by atoms with Crippen LogP contribution in [0.3, 0.4) is 0 Å². The number of hydrazone groups is 1. The van der Waals surface area contributed by atoms with Crippen LogP contribution in [0.1, 0.15) is 20.8 Å². The number of methoxy groups -OCH3 is 1. The van der Waals surface area contributed by atoms with E-state index in [2.05, 4.69) is 20.8 Å². The molecule has 1 amide bonds. The number of hydrogen-bond donors (Lipinski definition) is 1. The third kappa shape index (κ3) is 4.18. The number of benzene rings is 3. The molecule has 0 atom stereocenters. The maximum atomic E-state index is 12.6. The molecule has 2 heterocycles. The van der Waals surface area contributed by atoms with E-state index in [0.29, 0.717) is 16.4 Å². The summed E-state index contributed by atoms with van der Waals surface area (Å²) >= 11 is 7.72. The van der Waals surface area contributed by atoms with Crippen LogP contribution in [0, 0.1) is 0 Å². The number of halogens is 1. The Labute approximate surface area is 198 Å². The van der Waals surface area contributed by atoms with Crippen molar-refractivity contribution in [1.82, 2.24) is 20.4 Å². The van der Waals surface area contributed by atoms with Crippen molar-refractivity contribution in [3.63, 3.8) is 0 Å². The second-order valence-corrected chi connectivity index (χ2v) is 8.68. The van der Waals surface area contributed by atoms with E-state index >= 15 is 0 Å². The first kappa shape index (κ1) is 21.1. The van der Waals surface area contributed by atoms with Crippen LogP contribution < -0.4 is 10.2 Å². The standard InChI is InChI=1S/C24H18ClN5O2S/c1-32-20-11-10-15(12-16(20)14-30-19-8-4-3-7-18(19)27-29-30)13-26-28-24(31)23-22(25)17-6-2-5-9-21(17)33-23/h2-13H,14H2,1H3,(H,28,31). The third-order valence-electron chi connectivity index (χ3n) is 5.17. The molecule has 0 bridgehead atoms. The number of carbonyl (C=O) groups excluding carboxylic acids is 1. The molecule has 3 aromatic carbocycles. The molecule has 0 fully saturated rings. The lowest BCUT2D eigenvalue weighted by Gasteiger charge is -2.10. The van der Waals surface area contributed by atoms with Gasteiger partial charge in [-0.1, -0.05) is 47.1 Å². The molecule has 7 nitrogen and oxygen atoms in total. The van der Waals surface area contributed by atoms with Crippen LogP contribution in [-0.2, 0) is 6.54 Å². The van der Waals surface area contributed by atoms with Gasteiger partial charge < -0.3 is 4.74 Å². The highest BCUT2D eigenvalue weighted by Gasteiger charge is 2.16. The van der Waals surface area contributed by atoms with E-state index in [1.807, 2.05) is 71.4 Å². The molecule has 2 aromatic heterocycles. The number of amides is 1. The van der Waals surface area contributed by atoms with Gasteiger partial charge in [-0.3, -0.25) is 4.79 Å². The van der Waals surface area contributed by atoms with Gasteiger partial charge in [0, 0.05) is 15.6 Å². The highest BCUT2D eigenvalue weighted by Crippen LogP contribution is 2.35. The van der Waals surface area contributed by atoms with Gasteiger partial charge in [-0.05, 0) is 42.0 Å². The fraction of sp³-hybridized carbons (Fsp3) is 0.0833.